The molecule has 17 heavy (non-hydrogen) atoms. The van der Waals surface area contributed by atoms with Crippen LogP contribution in [0.5, 0.6) is 0 Å². The van der Waals surface area contributed by atoms with Crippen molar-refractivity contribution in [1.82, 2.24) is 10.2 Å². The Hall–Kier alpha value is -1.30. The second-order valence-electron chi connectivity index (χ2n) is 4.43. The number of likely N-dealkylation sites (tertiary alicyclic amines) is 1. The predicted molar refractivity (Wildman–Crippen MR) is 61.6 cm³/mol. The molecule has 6 nitrogen and oxygen atoms in total. The number of nitrogens with zero attached hydrogens (tertiary/aromatic N) is 1. The lowest BCUT2D eigenvalue weighted by atomic mass is 10.0. The third-order valence-electron chi connectivity index (χ3n) is 3.00. The van der Waals surface area contributed by atoms with E-state index in [4.69, 9.17) is 10.2 Å². The molecule has 0 saturated carbocycles. The van der Waals surface area contributed by atoms with E-state index in [2.05, 4.69) is 12.2 Å². The zero-order valence-electron chi connectivity index (χ0n) is 10.1. The van der Waals surface area contributed by atoms with Gasteiger partial charge in [-0.05, 0) is 18.8 Å². The van der Waals surface area contributed by atoms with Gasteiger partial charge in [-0.1, -0.05) is 13.3 Å². The number of carboxylic acid groups (broad SMARTS) is 1. The molecule has 98 valence electrons. The van der Waals surface area contributed by atoms with E-state index in [1.807, 2.05) is 0 Å². The molecular weight excluding hydrogens is 224 g/mol. The van der Waals surface area contributed by atoms with E-state index in [1.165, 1.54) is 0 Å². The van der Waals surface area contributed by atoms with Crippen molar-refractivity contribution in [3.8, 4) is 0 Å². The van der Waals surface area contributed by atoms with Crippen molar-refractivity contribution in [2.75, 3.05) is 19.6 Å². The van der Waals surface area contributed by atoms with E-state index in [1.54, 1.807) is 4.90 Å². The van der Waals surface area contributed by atoms with Crippen LogP contribution in [0.15, 0.2) is 0 Å². The van der Waals surface area contributed by atoms with Crippen LogP contribution in [0.3, 0.4) is 0 Å². The third-order valence-corrected chi connectivity index (χ3v) is 3.00. The molecule has 2 unspecified atom stereocenters. The van der Waals surface area contributed by atoms with Crippen LogP contribution in [0, 0.1) is 5.92 Å². The first kappa shape index (κ1) is 13.8. The van der Waals surface area contributed by atoms with Gasteiger partial charge in [0.2, 0.25) is 0 Å². The van der Waals surface area contributed by atoms with Crippen LogP contribution in [-0.2, 0) is 4.79 Å². The van der Waals surface area contributed by atoms with E-state index < -0.39 is 12.1 Å². The Morgan fingerprint density at radius 1 is 1.53 bits per heavy atom. The highest BCUT2D eigenvalue weighted by atomic mass is 16.4. The molecule has 3 N–H and O–H groups in total. The van der Waals surface area contributed by atoms with Crippen LogP contribution < -0.4 is 5.32 Å². The van der Waals surface area contributed by atoms with Gasteiger partial charge in [0.05, 0.1) is 6.54 Å². The molecule has 0 radical (unpaired) electrons. The summed E-state index contributed by atoms with van der Waals surface area (Å²) in [4.78, 5) is 23.7. The van der Waals surface area contributed by atoms with E-state index in [9.17, 15) is 9.59 Å². The fraction of sp³-hybridized carbons (Fsp3) is 0.818. The molecule has 0 aromatic rings. The molecule has 1 heterocycles. The molecule has 0 aliphatic carbocycles. The van der Waals surface area contributed by atoms with Crippen LogP contribution in [0.25, 0.3) is 0 Å². The van der Waals surface area contributed by atoms with E-state index in [0.29, 0.717) is 12.5 Å². The summed E-state index contributed by atoms with van der Waals surface area (Å²) in [6.07, 6.45) is 1.69. The van der Waals surface area contributed by atoms with Gasteiger partial charge in [-0.3, -0.25) is 0 Å². The van der Waals surface area contributed by atoms with Crippen LogP contribution in [-0.4, -0.2) is 52.9 Å². The Labute approximate surface area is 101 Å². The summed E-state index contributed by atoms with van der Waals surface area (Å²) in [6.45, 7) is 3.30. The van der Waals surface area contributed by atoms with Gasteiger partial charge in [-0.2, -0.15) is 0 Å². The SMILES string of the molecule is CCCC1CCN(C(=O)NCC(O)C(=O)O)C1. The zero-order chi connectivity index (χ0) is 12.8. The molecule has 1 rings (SSSR count). The second-order valence-corrected chi connectivity index (χ2v) is 4.43. The van der Waals surface area contributed by atoms with Crippen LogP contribution in [0.2, 0.25) is 0 Å². The Balaban J connectivity index is 2.27. The van der Waals surface area contributed by atoms with E-state index >= 15 is 0 Å². The molecule has 1 aliphatic heterocycles. The number of aliphatic hydroxyl groups is 1. The number of nitrogens with one attached hydrogen (secondary N) is 1. The predicted octanol–water partition coefficient (Wildman–Crippen LogP) is 0.263. The Kier molecular flexibility index (Phi) is 5.21. The fourth-order valence-corrected chi connectivity index (χ4v) is 2.04. The zero-order valence-corrected chi connectivity index (χ0v) is 10.1. The number of urea groups is 1. The molecule has 1 aliphatic rings. The lowest BCUT2D eigenvalue weighted by Gasteiger charge is -2.18. The van der Waals surface area contributed by atoms with Gasteiger partial charge in [0, 0.05) is 13.1 Å². The summed E-state index contributed by atoms with van der Waals surface area (Å²) in [6, 6.07) is -0.288. The quantitative estimate of drug-likeness (QED) is 0.647. The van der Waals surface area contributed by atoms with Crippen molar-refractivity contribution >= 4 is 12.0 Å². The average Bonchev–Trinajstić information content (AvgIpc) is 2.74. The summed E-state index contributed by atoms with van der Waals surface area (Å²) in [7, 11) is 0. The number of hydrogen-bond donors (Lipinski definition) is 3. The first-order chi connectivity index (χ1) is 8.04. The standard InChI is InChI=1S/C11H20N2O4/c1-2-3-8-4-5-13(7-8)11(17)12-6-9(14)10(15)16/h8-9,14H,2-7H2,1H3,(H,12,17)(H,15,16). The molecule has 0 aromatic heterocycles. The number of carboxylic acids is 1. The van der Waals surface area contributed by atoms with Gasteiger partial charge in [0.1, 0.15) is 0 Å². The number of carbonyl (C=O) groups excluding carboxylic acids is 1. The number of aliphatic hydroxyl groups excluding tert-OH is 1. The Morgan fingerprint density at radius 3 is 2.82 bits per heavy atom. The highest BCUT2D eigenvalue weighted by Crippen LogP contribution is 2.20. The highest BCUT2D eigenvalue weighted by molar-refractivity contribution is 5.77. The normalized spacial score (nSPS) is 21.3. The van der Waals surface area contributed by atoms with Crippen LogP contribution in [0.4, 0.5) is 4.79 Å². The van der Waals surface area contributed by atoms with Gasteiger partial charge < -0.3 is 20.4 Å². The number of rotatable bonds is 5. The van der Waals surface area contributed by atoms with Gasteiger partial charge in [-0.25, -0.2) is 9.59 Å². The number of carbonyl (C=O) groups is 2. The first-order valence-electron chi connectivity index (χ1n) is 5.98. The first-order valence-corrected chi connectivity index (χ1v) is 5.98. The van der Waals surface area contributed by atoms with Crippen molar-refractivity contribution in [2.24, 2.45) is 5.92 Å². The molecule has 1 fully saturated rings. The smallest absolute Gasteiger partial charge is 0.334 e. The van der Waals surface area contributed by atoms with Gasteiger partial charge in [0.25, 0.3) is 0 Å². The van der Waals surface area contributed by atoms with Crippen LogP contribution in [0.1, 0.15) is 26.2 Å². The summed E-state index contributed by atoms with van der Waals surface area (Å²) in [5.41, 5.74) is 0. The molecule has 6 heteroatoms. The largest absolute Gasteiger partial charge is 0.479 e. The van der Waals surface area contributed by atoms with Crippen molar-refractivity contribution in [3.63, 3.8) is 0 Å². The minimum Gasteiger partial charge on any atom is -0.479 e. The van der Waals surface area contributed by atoms with Crippen molar-refractivity contribution in [1.29, 1.82) is 0 Å². The van der Waals surface area contributed by atoms with E-state index in [0.717, 1.165) is 25.8 Å². The summed E-state index contributed by atoms with van der Waals surface area (Å²) < 4.78 is 0. The highest BCUT2D eigenvalue weighted by Gasteiger charge is 2.26. The summed E-state index contributed by atoms with van der Waals surface area (Å²) in [5, 5.41) is 19.9. The Morgan fingerprint density at radius 2 is 2.24 bits per heavy atom. The van der Waals surface area contributed by atoms with Crippen molar-refractivity contribution in [3.05, 3.63) is 0 Å². The minimum atomic E-state index is -1.53. The van der Waals surface area contributed by atoms with Gasteiger partial charge >= 0.3 is 12.0 Å². The van der Waals surface area contributed by atoms with Crippen molar-refractivity contribution < 1.29 is 19.8 Å². The summed E-state index contributed by atoms with van der Waals surface area (Å²) in [5.74, 6) is -0.772. The molecule has 1 saturated heterocycles. The Bertz CT molecular complexity index is 283. The topological polar surface area (TPSA) is 89.9 Å². The third kappa shape index (κ3) is 4.22. The molecular formula is C11H20N2O4. The number of hydrogen-bond acceptors (Lipinski definition) is 3. The van der Waals surface area contributed by atoms with Gasteiger partial charge in [-0.15, -0.1) is 0 Å². The summed E-state index contributed by atoms with van der Waals surface area (Å²) >= 11 is 0. The maximum atomic E-state index is 11.6. The second kappa shape index (κ2) is 6.44. The monoisotopic (exact) mass is 244 g/mol. The number of amides is 2. The molecule has 2 atom stereocenters. The van der Waals surface area contributed by atoms with Gasteiger partial charge in [0.15, 0.2) is 6.10 Å². The number of aliphatic carboxylic acids is 1. The maximum Gasteiger partial charge on any atom is 0.334 e. The lowest BCUT2D eigenvalue weighted by molar-refractivity contribution is -0.146. The maximum absolute atomic E-state index is 11.6. The lowest BCUT2D eigenvalue weighted by Crippen LogP contribution is -2.43. The van der Waals surface area contributed by atoms with Crippen molar-refractivity contribution in [2.45, 2.75) is 32.3 Å². The van der Waals surface area contributed by atoms with E-state index in [-0.39, 0.29) is 12.6 Å². The minimum absolute atomic E-state index is 0.247. The molecule has 0 bridgehead atoms. The van der Waals surface area contributed by atoms with Crippen LogP contribution >= 0.6 is 0 Å². The molecule has 0 spiro atoms. The molecule has 2 amide bonds. The fourth-order valence-electron chi connectivity index (χ4n) is 2.04. The average molecular weight is 244 g/mol. The molecule has 0 aromatic carbocycles.